The highest BCUT2D eigenvalue weighted by Crippen LogP contribution is 2.50. The predicted molar refractivity (Wildman–Crippen MR) is 83.0 cm³/mol. The van der Waals surface area contributed by atoms with Crippen molar-refractivity contribution in [2.75, 3.05) is 0 Å². The fourth-order valence-corrected chi connectivity index (χ4v) is 3.17. The summed E-state index contributed by atoms with van der Waals surface area (Å²) in [6, 6.07) is 18.5. The first-order valence-corrected chi connectivity index (χ1v) is 7.43. The van der Waals surface area contributed by atoms with Crippen LogP contribution in [0.4, 0.5) is 0 Å². The zero-order chi connectivity index (χ0) is 14.3. The van der Waals surface area contributed by atoms with Crippen LogP contribution in [-0.2, 0) is 11.8 Å². The first-order chi connectivity index (χ1) is 10.3. The van der Waals surface area contributed by atoms with Gasteiger partial charge in [0.2, 0.25) is 0 Å². The summed E-state index contributed by atoms with van der Waals surface area (Å²) >= 11 is 0. The maximum atomic E-state index is 6.50. The fraction of sp³-hybridized carbons (Fsp3) is 0.278. The van der Waals surface area contributed by atoms with Crippen molar-refractivity contribution >= 4 is 11.1 Å². The summed E-state index contributed by atoms with van der Waals surface area (Å²) in [6.45, 7) is 0. The van der Waals surface area contributed by atoms with Crippen LogP contribution in [0.1, 0.15) is 24.3 Å². The van der Waals surface area contributed by atoms with Crippen LogP contribution < -0.4 is 5.73 Å². The van der Waals surface area contributed by atoms with Gasteiger partial charge in [-0.1, -0.05) is 42.5 Å². The van der Waals surface area contributed by atoms with Crippen molar-refractivity contribution in [3.63, 3.8) is 0 Å². The minimum absolute atomic E-state index is 0.0490. The van der Waals surface area contributed by atoms with Crippen LogP contribution >= 0.6 is 0 Å². The molecule has 0 saturated heterocycles. The number of oxazole rings is 1. The standard InChI is InChI=1S/C18H18N2O/c19-16(18(10-11-18)13-6-2-1-3-7-13)12-17-20-14-8-4-5-9-15(14)21-17/h1-9,16H,10-12,19H2. The monoisotopic (exact) mass is 278 g/mol. The van der Waals surface area contributed by atoms with E-state index in [9.17, 15) is 0 Å². The van der Waals surface area contributed by atoms with Gasteiger partial charge < -0.3 is 10.2 Å². The molecule has 1 fully saturated rings. The average molecular weight is 278 g/mol. The molecule has 0 amide bonds. The molecule has 106 valence electrons. The Kier molecular flexibility index (Phi) is 2.82. The average Bonchev–Trinajstić information content (AvgIpc) is 3.23. The molecule has 1 aliphatic rings. The van der Waals surface area contributed by atoms with E-state index >= 15 is 0 Å². The van der Waals surface area contributed by atoms with Gasteiger partial charge in [-0.15, -0.1) is 0 Å². The molecule has 1 atom stereocenters. The minimum atomic E-state index is 0.0490. The Morgan fingerprint density at radius 2 is 1.76 bits per heavy atom. The first-order valence-electron chi connectivity index (χ1n) is 7.43. The molecule has 2 N–H and O–H groups in total. The number of nitrogens with zero attached hydrogens (tertiary/aromatic N) is 1. The molecular formula is C18H18N2O. The Morgan fingerprint density at radius 3 is 2.48 bits per heavy atom. The number of hydrogen-bond donors (Lipinski definition) is 1. The van der Waals surface area contributed by atoms with Gasteiger partial charge in [-0.05, 0) is 30.5 Å². The van der Waals surface area contributed by atoms with Gasteiger partial charge in [0, 0.05) is 17.9 Å². The van der Waals surface area contributed by atoms with E-state index in [0.717, 1.165) is 29.8 Å². The molecule has 4 rings (SSSR count). The summed E-state index contributed by atoms with van der Waals surface area (Å²) < 4.78 is 5.81. The largest absolute Gasteiger partial charge is 0.441 e. The molecule has 3 heteroatoms. The lowest BCUT2D eigenvalue weighted by molar-refractivity contribution is 0.445. The smallest absolute Gasteiger partial charge is 0.197 e. The van der Waals surface area contributed by atoms with Gasteiger partial charge in [0.25, 0.3) is 0 Å². The Bertz CT molecular complexity index is 726. The molecule has 0 aliphatic heterocycles. The zero-order valence-electron chi connectivity index (χ0n) is 11.8. The molecule has 3 nitrogen and oxygen atoms in total. The van der Waals surface area contributed by atoms with Crippen molar-refractivity contribution in [3.05, 3.63) is 66.1 Å². The number of hydrogen-bond acceptors (Lipinski definition) is 3. The molecule has 3 aromatic rings. The van der Waals surface area contributed by atoms with E-state index in [2.05, 4.69) is 29.2 Å². The van der Waals surface area contributed by atoms with Crippen LogP contribution in [0.2, 0.25) is 0 Å². The summed E-state index contributed by atoms with van der Waals surface area (Å²) in [4.78, 5) is 4.54. The van der Waals surface area contributed by atoms with Gasteiger partial charge in [-0.25, -0.2) is 4.98 Å². The second-order valence-electron chi connectivity index (χ2n) is 5.91. The second kappa shape index (κ2) is 4.71. The molecule has 1 aliphatic carbocycles. The van der Waals surface area contributed by atoms with E-state index in [4.69, 9.17) is 10.2 Å². The van der Waals surface area contributed by atoms with Crippen molar-refractivity contribution in [2.45, 2.75) is 30.7 Å². The van der Waals surface area contributed by atoms with E-state index in [-0.39, 0.29) is 11.5 Å². The molecule has 2 aromatic carbocycles. The number of benzene rings is 2. The Hall–Kier alpha value is -2.13. The van der Waals surface area contributed by atoms with Crippen LogP contribution in [0.15, 0.2) is 59.0 Å². The molecule has 1 heterocycles. The molecule has 1 aromatic heterocycles. The normalized spacial score (nSPS) is 17.8. The van der Waals surface area contributed by atoms with Gasteiger partial charge in [0.1, 0.15) is 5.52 Å². The van der Waals surface area contributed by atoms with Gasteiger partial charge in [0.15, 0.2) is 11.5 Å². The molecule has 21 heavy (non-hydrogen) atoms. The van der Waals surface area contributed by atoms with E-state index in [0.29, 0.717) is 6.42 Å². The quantitative estimate of drug-likeness (QED) is 0.795. The van der Waals surface area contributed by atoms with E-state index in [1.807, 2.05) is 30.3 Å². The summed E-state index contributed by atoms with van der Waals surface area (Å²) in [7, 11) is 0. The Balaban J connectivity index is 1.59. The number of para-hydroxylation sites is 2. The molecule has 0 spiro atoms. The first kappa shape index (κ1) is 12.6. The van der Waals surface area contributed by atoms with Crippen molar-refractivity contribution in [3.8, 4) is 0 Å². The SMILES string of the molecule is NC(Cc1nc2ccccc2o1)C1(c2ccccc2)CC1. The van der Waals surface area contributed by atoms with Crippen LogP contribution in [0.25, 0.3) is 11.1 Å². The van der Waals surface area contributed by atoms with E-state index < -0.39 is 0 Å². The van der Waals surface area contributed by atoms with Crippen LogP contribution in [0.3, 0.4) is 0 Å². The van der Waals surface area contributed by atoms with Gasteiger partial charge in [0.05, 0.1) is 0 Å². The maximum absolute atomic E-state index is 6.50. The highest BCUT2D eigenvalue weighted by atomic mass is 16.3. The Morgan fingerprint density at radius 1 is 1.05 bits per heavy atom. The summed E-state index contributed by atoms with van der Waals surface area (Å²) in [5, 5.41) is 0. The minimum Gasteiger partial charge on any atom is -0.441 e. The van der Waals surface area contributed by atoms with Crippen molar-refractivity contribution in [2.24, 2.45) is 5.73 Å². The van der Waals surface area contributed by atoms with Gasteiger partial charge in [-0.3, -0.25) is 0 Å². The van der Waals surface area contributed by atoms with Gasteiger partial charge in [-0.2, -0.15) is 0 Å². The Labute approximate surface area is 123 Å². The predicted octanol–water partition coefficient (Wildman–Crippen LogP) is 3.43. The topological polar surface area (TPSA) is 52.0 Å². The number of nitrogens with two attached hydrogens (primary N) is 1. The third-order valence-corrected chi connectivity index (χ3v) is 4.58. The van der Waals surface area contributed by atoms with Crippen LogP contribution in [-0.4, -0.2) is 11.0 Å². The number of rotatable bonds is 4. The van der Waals surface area contributed by atoms with Crippen LogP contribution in [0, 0.1) is 0 Å². The highest BCUT2D eigenvalue weighted by Gasteiger charge is 2.49. The number of fused-ring (bicyclic) bond motifs is 1. The van der Waals surface area contributed by atoms with Crippen molar-refractivity contribution < 1.29 is 4.42 Å². The highest BCUT2D eigenvalue weighted by molar-refractivity contribution is 5.72. The lowest BCUT2D eigenvalue weighted by Gasteiger charge is -2.22. The van der Waals surface area contributed by atoms with E-state index in [1.54, 1.807) is 0 Å². The van der Waals surface area contributed by atoms with E-state index in [1.165, 1.54) is 5.56 Å². The summed E-state index contributed by atoms with van der Waals surface area (Å²) in [5.74, 6) is 0.742. The third-order valence-electron chi connectivity index (χ3n) is 4.58. The summed E-state index contributed by atoms with van der Waals surface area (Å²) in [6.07, 6.45) is 2.99. The maximum Gasteiger partial charge on any atom is 0.197 e. The van der Waals surface area contributed by atoms with Crippen LogP contribution in [0.5, 0.6) is 0 Å². The molecular weight excluding hydrogens is 260 g/mol. The van der Waals surface area contributed by atoms with Crippen molar-refractivity contribution in [1.82, 2.24) is 4.98 Å². The lowest BCUT2D eigenvalue weighted by Crippen LogP contribution is -2.36. The van der Waals surface area contributed by atoms with Gasteiger partial charge >= 0.3 is 0 Å². The van der Waals surface area contributed by atoms with Crippen molar-refractivity contribution in [1.29, 1.82) is 0 Å². The third kappa shape index (κ3) is 2.14. The lowest BCUT2D eigenvalue weighted by atomic mass is 9.87. The second-order valence-corrected chi connectivity index (χ2v) is 5.91. The molecule has 1 unspecified atom stereocenters. The summed E-state index contributed by atoms with van der Waals surface area (Å²) in [5.41, 5.74) is 9.70. The molecule has 1 saturated carbocycles. The fourth-order valence-electron chi connectivity index (χ4n) is 3.17. The zero-order valence-corrected chi connectivity index (χ0v) is 11.8. The molecule has 0 radical (unpaired) electrons. The number of aromatic nitrogens is 1. The molecule has 0 bridgehead atoms.